The number of alkyl halides is 3. The fourth-order valence-electron chi connectivity index (χ4n) is 3.54. The van der Waals surface area contributed by atoms with Crippen LogP contribution in [0.3, 0.4) is 0 Å². The van der Waals surface area contributed by atoms with Crippen molar-refractivity contribution in [3.8, 4) is 10.4 Å². The summed E-state index contributed by atoms with van der Waals surface area (Å²) in [5.41, 5.74) is 1.70. The molecule has 0 spiro atoms. The van der Waals surface area contributed by atoms with Gasteiger partial charge in [0.25, 0.3) is 0 Å². The van der Waals surface area contributed by atoms with Gasteiger partial charge in [0.2, 0.25) is 10.0 Å². The average molecular weight is 521 g/mol. The summed E-state index contributed by atoms with van der Waals surface area (Å²) in [5, 5.41) is 5.91. The Kier molecular flexibility index (Phi) is 7.39. The molecule has 0 radical (unpaired) electrons. The Hall–Kier alpha value is -3.02. The lowest BCUT2D eigenvalue weighted by atomic mass is 10.1. The molecule has 0 atom stereocenters. The molecule has 184 valence electrons. The van der Waals surface area contributed by atoms with Gasteiger partial charge in [-0.1, -0.05) is 35.6 Å². The highest BCUT2D eigenvalue weighted by Crippen LogP contribution is 2.35. The molecule has 0 unspecified atom stereocenters. The number of rotatable bonds is 9. The summed E-state index contributed by atoms with van der Waals surface area (Å²) in [7, 11) is -3.40. The number of thiazole rings is 1. The zero-order valence-electron chi connectivity index (χ0n) is 18.8. The van der Waals surface area contributed by atoms with E-state index < -0.39 is 21.8 Å². The Morgan fingerprint density at radius 1 is 1.03 bits per heavy atom. The molecule has 35 heavy (non-hydrogen) atoms. The molecule has 0 saturated carbocycles. The Bertz CT molecular complexity index is 1420. The number of hydrogen-bond donors (Lipinski definition) is 2. The van der Waals surface area contributed by atoms with Gasteiger partial charge in [-0.25, -0.2) is 18.1 Å². The Morgan fingerprint density at radius 3 is 2.51 bits per heavy atom. The van der Waals surface area contributed by atoms with E-state index in [9.17, 15) is 21.6 Å². The van der Waals surface area contributed by atoms with Crippen LogP contribution in [0.5, 0.6) is 0 Å². The van der Waals surface area contributed by atoms with Crippen LogP contribution in [-0.4, -0.2) is 31.2 Å². The fraction of sp³-hybridized carbons (Fsp3) is 0.250. The van der Waals surface area contributed by atoms with Gasteiger partial charge in [0, 0.05) is 24.3 Å². The van der Waals surface area contributed by atoms with Crippen LogP contribution in [0.2, 0.25) is 0 Å². The zero-order valence-corrected chi connectivity index (χ0v) is 20.4. The smallest absolute Gasteiger partial charge is 0.361 e. The molecule has 2 aromatic heterocycles. The largest absolute Gasteiger partial charge is 0.416 e. The van der Waals surface area contributed by atoms with Crippen LogP contribution in [0.4, 0.5) is 18.3 Å². The van der Waals surface area contributed by atoms with Crippen molar-refractivity contribution in [2.75, 3.05) is 18.1 Å². The van der Waals surface area contributed by atoms with Crippen molar-refractivity contribution in [2.24, 2.45) is 0 Å². The molecular formula is C24H23F3N4O2S2. The topological polar surface area (TPSA) is 84.0 Å². The third-order valence-electron chi connectivity index (χ3n) is 5.30. The normalized spacial score (nSPS) is 12.2. The second-order valence-electron chi connectivity index (χ2n) is 8.05. The monoisotopic (exact) mass is 520 g/mol. The molecular weight excluding hydrogens is 497 g/mol. The van der Waals surface area contributed by atoms with E-state index in [1.165, 1.54) is 23.5 Å². The first-order valence-corrected chi connectivity index (χ1v) is 13.5. The second kappa shape index (κ2) is 10.3. The van der Waals surface area contributed by atoms with Crippen LogP contribution in [0, 0.1) is 0 Å². The van der Waals surface area contributed by atoms with Crippen LogP contribution < -0.4 is 10.0 Å². The maximum absolute atomic E-state index is 12.7. The molecule has 0 amide bonds. The third kappa shape index (κ3) is 6.77. The highest BCUT2D eigenvalue weighted by molar-refractivity contribution is 7.88. The van der Waals surface area contributed by atoms with Crippen LogP contribution in [0.25, 0.3) is 21.2 Å². The molecule has 0 aliphatic rings. The van der Waals surface area contributed by atoms with Crippen molar-refractivity contribution >= 4 is 37.3 Å². The number of sulfonamides is 1. The first kappa shape index (κ1) is 25.1. The van der Waals surface area contributed by atoms with Crippen LogP contribution in [-0.2, 0) is 29.2 Å². The molecule has 2 heterocycles. The van der Waals surface area contributed by atoms with Crippen LogP contribution in [0.1, 0.15) is 23.2 Å². The predicted molar refractivity (Wildman–Crippen MR) is 133 cm³/mol. The minimum atomic E-state index is -4.34. The van der Waals surface area contributed by atoms with Gasteiger partial charge >= 0.3 is 6.18 Å². The van der Waals surface area contributed by atoms with Crippen molar-refractivity contribution in [3.63, 3.8) is 0 Å². The Labute approximate surface area is 205 Å². The lowest BCUT2D eigenvalue weighted by molar-refractivity contribution is -0.137. The molecule has 0 bridgehead atoms. The van der Waals surface area contributed by atoms with E-state index in [-0.39, 0.29) is 6.54 Å². The summed E-state index contributed by atoms with van der Waals surface area (Å²) in [5.74, 6) is 0. The SMILES string of the molecule is CS(=O)(=O)NCc1nc(NCCCc2ccc(C(F)(F)F)cc2)sc1-c1ccc2cnccc2c1. The van der Waals surface area contributed by atoms with Gasteiger partial charge in [0.15, 0.2) is 5.13 Å². The van der Waals surface area contributed by atoms with E-state index in [4.69, 9.17) is 0 Å². The fourth-order valence-corrected chi connectivity index (χ4v) is 4.95. The summed E-state index contributed by atoms with van der Waals surface area (Å²) < 4.78 is 63.9. The van der Waals surface area contributed by atoms with Crippen LogP contribution in [0.15, 0.2) is 60.9 Å². The summed E-state index contributed by atoms with van der Waals surface area (Å²) in [6, 6.07) is 13.0. The molecule has 0 aliphatic carbocycles. The Balaban J connectivity index is 1.46. The van der Waals surface area contributed by atoms with Gasteiger partial charge in [-0.05, 0) is 53.6 Å². The van der Waals surface area contributed by atoms with E-state index >= 15 is 0 Å². The third-order valence-corrected chi connectivity index (χ3v) is 7.07. The van der Waals surface area contributed by atoms with Crippen molar-refractivity contribution in [2.45, 2.75) is 25.6 Å². The zero-order chi connectivity index (χ0) is 25.1. The summed E-state index contributed by atoms with van der Waals surface area (Å²) in [4.78, 5) is 9.57. The van der Waals surface area contributed by atoms with E-state index in [2.05, 4.69) is 20.0 Å². The number of benzene rings is 2. The number of aromatic nitrogens is 2. The molecule has 11 heteroatoms. The number of anilines is 1. The van der Waals surface area contributed by atoms with E-state index in [0.29, 0.717) is 30.2 Å². The van der Waals surface area contributed by atoms with Gasteiger partial charge in [-0.2, -0.15) is 13.2 Å². The molecule has 2 aromatic carbocycles. The van der Waals surface area contributed by atoms with Crippen LogP contribution >= 0.6 is 11.3 Å². The van der Waals surface area contributed by atoms with E-state index in [1.807, 2.05) is 24.3 Å². The quantitative estimate of drug-likeness (QED) is 0.286. The summed E-state index contributed by atoms with van der Waals surface area (Å²) in [6.07, 6.45) is 1.57. The number of nitrogens with zero attached hydrogens (tertiary/aromatic N) is 2. The Morgan fingerprint density at radius 2 is 1.80 bits per heavy atom. The van der Waals surface area contributed by atoms with Crippen molar-refractivity contribution < 1.29 is 21.6 Å². The lowest BCUT2D eigenvalue weighted by Gasteiger charge is -2.08. The summed E-state index contributed by atoms with van der Waals surface area (Å²) in [6.45, 7) is 0.628. The highest BCUT2D eigenvalue weighted by Gasteiger charge is 2.29. The standard InChI is InChI=1S/C24H23F3N4O2S2/c1-35(32,33)30-15-21-22(18-6-7-19-14-28-12-10-17(19)13-18)34-23(31-21)29-11-2-3-16-4-8-20(9-5-16)24(25,26)27/h4-10,12-14,30H,2-3,11,15H2,1H3,(H,29,31). The van der Waals surface area contributed by atoms with Gasteiger partial charge in [-0.15, -0.1) is 0 Å². The minimum Gasteiger partial charge on any atom is -0.361 e. The number of nitrogens with one attached hydrogen (secondary N) is 2. The summed E-state index contributed by atoms with van der Waals surface area (Å²) >= 11 is 1.42. The number of halogens is 3. The molecule has 6 nitrogen and oxygen atoms in total. The van der Waals surface area contributed by atoms with E-state index in [0.717, 1.165) is 45.2 Å². The maximum Gasteiger partial charge on any atom is 0.416 e. The number of pyridine rings is 1. The van der Waals surface area contributed by atoms with Crippen molar-refractivity contribution in [1.29, 1.82) is 0 Å². The second-order valence-corrected chi connectivity index (χ2v) is 10.9. The van der Waals surface area contributed by atoms with Gasteiger partial charge < -0.3 is 5.32 Å². The number of hydrogen-bond acceptors (Lipinski definition) is 6. The average Bonchev–Trinajstić information content (AvgIpc) is 3.22. The highest BCUT2D eigenvalue weighted by atomic mass is 32.2. The lowest BCUT2D eigenvalue weighted by Crippen LogP contribution is -2.21. The first-order valence-electron chi connectivity index (χ1n) is 10.8. The molecule has 0 fully saturated rings. The molecule has 0 saturated heterocycles. The molecule has 4 aromatic rings. The van der Waals surface area contributed by atoms with Crippen molar-refractivity contribution in [1.82, 2.24) is 14.7 Å². The molecule has 4 rings (SSSR count). The predicted octanol–water partition coefficient (Wildman–Crippen LogP) is 5.47. The first-order chi connectivity index (χ1) is 16.6. The maximum atomic E-state index is 12.7. The van der Waals surface area contributed by atoms with Gasteiger partial charge in [-0.3, -0.25) is 4.98 Å². The van der Waals surface area contributed by atoms with Crippen molar-refractivity contribution in [3.05, 3.63) is 77.7 Å². The molecule has 0 aliphatic heterocycles. The van der Waals surface area contributed by atoms with Gasteiger partial charge in [0.05, 0.1) is 28.9 Å². The van der Waals surface area contributed by atoms with E-state index in [1.54, 1.807) is 12.4 Å². The minimum absolute atomic E-state index is 0.0618. The number of aryl methyl sites for hydroxylation is 1. The van der Waals surface area contributed by atoms with Gasteiger partial charge in [0.1, 0.15) is 0 Å². The molecule has 2 N–H and O–H groups in total. The number of fused-ring (bicyclic) bond motifs is 1.